The zero-order chi connectivity index (χ0) is 26.1. The van der Waals surface area contributed by atoms with Crippen LogP contribution in [0.4, 0.5) is 27.9 Å². The topological polar surface area (TPSA) is 96.8 Å². The molecule has 0 aliphatic carbocycles. The Balaban J connectivity index is 1.63. The van der Waals surface area contributed by atoms with Crippen molar-refractivity contribution in [2.45, 2.75) is 38.4 Å². The Labute approximate surface area is 203 Å². The molecular weight excluding hydrogens is 485 g/mol. The van der Waals surface area contributed by atoms with E-state index in [0.29, 0.717) is 23.7 Å². The number of hydrogen-bond donors (Lipinski definition) is 1. The quantitative estimate of drug-likeness (QED) is 0.516. The molecule has 2 unspecified atom stereocenters. The Kier molecular flexibility index (Phi) is 6.83. The third-order valence-corrected chi connectivity index (χ3v) is 5.83. The molecule has 13 heteroatoms. The number of halogens is 5. The summed E-state index contributed by atoms with van der Waals surface area (Å²) >= 11 is 0. The van der Waals surface area contributed by atoms with Crippen LogP contribution in [0.3, 0.4) is 0 Å². The van der Waals surface area contributed by atoms with Gasteiger partial charge in [0.15, 0.2) is 5.82 Å². The molecule has 1 N–H and O–H groups in total. The van der Waals surface area contributed by atoms with Crippen LogP contribution in [0.15, 0.2) is 43.0 Å². The molecule has 4 heterocycles. The molecule has 1 aliphatic heterocycles. The summed E-state index contributed by atoms with van der Waals surface area (Å²) < 4.78 is 67.5. The van der Waals surface area contributed by atoms with E-state index < -0.39 is 48.5 Å². The van der Waals surface area contributed by atoms with Crippen molar-refractivity contribution in [2.75, 3.05) is 18.4 Å². The third-order valence-electron chi connectivity index (χ3n) is 5.83. The smallest absolute Gasteiger partial charge is 0.352 e. The van der Waals surface area contributed by atoms with Crippen molar-refractivity contribution in [1.29, 1.82) is 0 Å². The Morgan fingerprint density at radius 3 is 2.44 bits per heavy atom. The zero-order valence-corrected chi connectivity index (χ0v) is 19.3. The first-order valence-corrected chi connectivity index (χ1v) is 11.0. The fraction of sp³-hybridized carbons (Fsp3) is 0.391. The molecule has 4 rings (SSSR count). The summed E-state index contributed by atoms with van der Waals surface area (Å²) in [5.74, 6) is -4.41. The number of aryl methyl sites for hydroxylation is 1. The average molecular weight is 507 g/mol. The Hall–Kier alpha value is -3.77. The van der Waals surface area contributed by atoms with Gasteiger partial charge in [0.05, 0.1) is 23.7 Å². The summed E-state index contributed by atoms with van der Waals surface area (Å²) in [5.41, 5.74) is -0.285. The van der Waals surface area contributed by atoms with E-state index in [9.17, 15) is 26.7 Å². The molecule has 0 radical (unpaired) electrons. The van der Waals surface area contributed by atoms with Gasteiger partial charge in [0.2, 0.25) is 5.95 Å². The van der Waals surface area contributed by atoms with Crippen molar-refractivity contribution >= 4 is 11.9 Å². The first-order chi connectivity index (χ1) is 16.9. The highest BCUT2D eigenvalue weighted by molar-refractivity contribution is 5.98. The number of alkyl halides is 5. The molecule has 2 atom stereocenters. The molecule has 8 nitrogen and oxygen atoms in total. The maximum absolute atomic E-state index is 14.6. The van der Waals surface area contributed by atoms with Crippen LogP contribution in [-0.2, 0) is 6.18 Å². The maximum atomic E-state index is 14.6. The molecule has 1 saturated heterocycles. The maximum Gasteiger partial charge on any atom is 0.419 e. The second-order valence-electron chi connectivity index (χ2n) is 8.63. The average Bonchev–Trinajstić information content (AvgIpc) is 2.82. The van der Waals surface area contributed by atoms with Crippen molar-refractivity contribution in [3.63, 3.8) is 0 Å². The first-order valence-electron chi connectivity index (χ1n) is 11.0. The Morgan fingerprint density at radius 1 is 1.14 bits per heavy atom. The number of likely N-dealkylation sites (tertiary alicyclic amines) is 1. The molecule has 1 amide bonds. The number of nitrogens with zero attached hydrogens (tertiary/aromatic N) is 6. The third kappa shape index (κ3) is 5.55. The van der Waals surface area contributed by atoms with Crippen molar-refractivity contribution < 1.29 is 26.7 Å². The molecule has 0 bridgehead atoms. The monoisotopic (exact) mass is 507 g/mol. The van der Waals surface area contributed by atoms with Crippen LogP contribution in [0.2, 0.25) is 0 Å². The Morgan fingerprint density at radius 2 is 1.81 bits per heavy atom. The summed E-state index contributed by atoms with van der Waals surface area (Å²) in [4.78, 5) is 34.6. The number of carbonyl (C=O) groups excluding carboxylic acids is 1. The number of carbonyl (C=O) groups is 1. The molecule has 0 spiro atoms. The molecule has 0 aromatic carbocycles. The summed E-state index contributed by atoms with van der Waals surface area (Å²) in [6.45, 7) is 2.34. The predicted octanol–water partition coefficient (Wildman–Crippen LogP) is 4.25. The minimum Gasteiger partial charge on any atom is -0.352 e. The van der Waals surface area contributed by atoms with Gasteiger partial charge in [-0.2, -0.15) is 13.2 Å². The van der Waals surface area contributed by atoms with Gasteiger partial charge in [-0.15, -0.1) is 0 Å². The van der Waals surface area contributed by atoms with Crippen LogP contribution in [-0.4, -0.2) is 60.8 Å². The van der Waals surface area contributed by atoms with E-state index in [1.54, 1.807) is 32.0 Å². The van der Waals surface area contributed by atoms with Crippen molar-refractivity contribution in [1.82, 2.24) is 29.8 Å². The van der Waals surface area contributed by atoms with Gasteiger partial charge < -0.3 is 10.2 Å². The predicted molar refractivity (Wildman–Crippen MR) is 119 cm³/mol. The van der Waals surface area contributed by atoms with E-state index in [0.717, 1.165) is 4.90 Å². The second-order valence-corrected chi connectivity index (χ2v) is 8.63. The van der Waals surface area contributed by atoms with Crippen LogP contribution in [0.25, 0.3) is 11.4 Å². The summed E-state index contributed by atoms with van der Waals surface area (Å²) in [7, 11) is 0. The van der Waals surface area contributed by atoms with E-state index >= 15 is 0 Å². The molecule has 190 valence electrons. The lowest BCUT2D eigenvalue weighted by Crippen LogP contribution is -2.57. The molecule has 36 heavy (non-hydrogen) atoms. The van der Waals surface area contributed by atoms with E-state index in [2.05, 4.69) is 30.2 Å². The van der Waals surface area contributed by atoms with E-state index in [-0.39, 0.29) is 24.0 Å². The van der Waals surface area contributed by atoms with Gasteiger partial charge in [-0.3, -0.25) is 4.79 Å². The van der Waals surface area contributed by atoms with E-state index in [4.69, 9.17) is 0 Å². The number of anilines is 1. The van der Waals surface area contributed by atoms with Crippen molar-refractivity contribution in [3.05, 3.63) is 59.9 Å². The van der Waals surface area contributed by atoms with Gasteiger partial charge in [-0.05, 0) is 31.0 Å². The number of pyridine rings is 1. The molecule has 3 aromatic rings. The second kappa shape index (κ2) is 9.70. The van der Waals surface area contributed by atoms with Crippen LogP contribution < -0.4 is 5.32 Å². The lowest BCUT2D eigenvalue weighted by molar-refractivity contribution is -0.138. The number of aromatic nitrogens is 5. The van der Waals surface area contributed by atoms with Gasteiger partial charge in [-0.1, -0.05) is 6.92 Å². The zero-order valence-electron chi connectivity index (χ0n) is 19.3. The number of rotatable bonds is 5. The van der Waals surface area contributed by atoms with Gasteiger partial charge in [0.25, 0.3) is 11.8 Å². The number of hydrogen-bond acceptors (Lipinski definition) is 7. The van der Waals surface area contributed by atoms with Crippen molar-refractivity contribution in [3.8, 4) is 11.4 Å². The fourth-order valence-corrected chi connectivity index (χ4v) is 4.12. The molecule has 3 aromatic heterocycles. The number of nitrogens with one attached hydrogen (secondary N) is 1. The van der Waals surface area contributed by atoms with Gasteiger partial charge in [0.1, 0.15) is 5.69 Å². The minimum absolute atomic E-state index is 0.0582. The van der Waals surface area contributed by atoms with Crippen LogP contribution in [0.1, 0.15) is 35.1 Å². The van der Waals surface area contributed by atoms with Crippen LogP contribution in [0.5, 0.6) is 0 Å². The minimum atomic E-state index is -4.59. The number of piperidine rings is 1. The lowest BCUT2D eigenvalue weighted by atomic mass is 9.88. The Bertz CT molecular complexity index is 1220. The number of amides is 1. The van der Waals surface area contributed by atoms with Gasteiger partial charge in [-0.25, -0.2) is 33.7 Å². The van der Waals surface area contributed by atoms with Gasteiger partial charge >= 0.3 is 6.18 Å². The van der Waals surface area contributed by atoms with E-state index in [1.165, 1.54) is 12.4 Å². The van der Waals surface area contributed by atoms with Crippen molar-refractivity contribution in [2.24, 2.45) is 5.92 Å². The highest BCUT2D eigenvalue weighted by atomic mass is 19.4. The highest BCUT2D eigenvalue weighted by Crippen LogP contribution is 2.36. The van der Waals surface area contributed by atoms with Gasteiger partial charge in [0, 0.05) is 43.4 Å². The van der Waals surface area contributed by atoms with Crippen LogP contribution in [0, 0.1) is 12.8 Å². The normalized spacial score (nSPS) is 19.7. The molecular formula is C23H22F5N7O. The van der Waals surface area contributed by atoms with Crippen LogP contribution >= 0.6 is 0 Å². The molecule has 1 fully saturated rings. The summed E-state index contributed by atoms with van der Waals surface area (Å²) in [5, 5.41) is 2.77. The van der Waals surface area contributed by atoms with E-state index in [1.807, 2.05) is 0 Å². The lowest BCUT2D eigenvalue weighted by Gasteiger charge is -2.43. The molecule has 1 aliphatic rings. The first kappa shape index (κ1) is 25.3. The SMILES string of the molecule is Cc1ccc(-c2ncccn2)c(C(=O)N2CC(F)(F)CC(C)C2CNc2ncc(C(F)(F)F)cn2)n1. The summed E-state index contributed by atoms with van der Waals surface area (Å²) in [6, 6.07) is 4.14. The highest BCUT2D eigenvalue weighted by Gasteiger charge is 2.46. The largest absolute Gasteiger partial charge is 0.419 e. The molecule has 0 saturated carbocycles. The fourth-order valence-electron chi connectivity index (χ4n) is 4.12. The summed E-state index contributed by atoms with van der Waals surface area (Å²) in [6.07, 6.45) is -0.827. The standard InChI is InChI=1S/C23H22F5N7O/c1-13-8-22(24,25)12-35(17(13)11-33-21-31-9-15(10-32-21)23(26,27)28)20(36)18-16(5-4-14(2)34-18)19-29-6-3-7-30-19/h3-7,9-10,13,17H,8,11-12H2,1-2H3,(H,31,32,33).